The Balaban J connectivity index is 2.87. The first kappa shape index (κ1) is 7.55. The van der Waals surface area contributed by atoms with E-state index in [0.717, 1.165) is 0 Å². The first-order valence-corrected chi connectivity index (χ1v) is 3.75. The lowest BCUT2D eigenvalue weighted by molar-refractivity contribution is 0.629. The molecule has 0 atom stereocenters. The fraction of sp³-hybridized carbons (Fsp3) is 0.125. The van der Waals surface area contributed by atoms with Crippen LogP contribution in [0.2, 0.25) is 5.02 Å². The quantitative estimate of drug-likeness (QED) is 0.612. The highest BCUT2D eigenvalue weighted by Gasteiger charge is 2.05. The minimum absolute atomic E-state index is 0.0922. The molecule has 1 aromatic carbocycles. The normalized spacial score (nSPS) is 10.9. The van der Waals surface area contributed by atoms with Gasteiger partial charge in [-0.05, 0) is 6.07 Å². The summed E-state index contributed by atoms with van der Waals surface area (Å²) < 4.78 is 14.5. The number of hydrogen-bond acceptors (Lipinski definition) is 1. The molecular weight excluding hydrogens is 179 g/mol. The SMILES string of the molecule is Cn1[c]nc2cc(Cl)c(F)cc21. The van der Waals surface area contributed by atoms with Crippen molar-refractivity contribution in [3.63, 3.8) is 0 Å². The van der Waals surface area contributed by atoms with Crippen molar-refractivity contribution in [2.75, 3.05) is 0 Å². The smallest absolute Gasteiger partial charge is 0.177 e. The van der Waals surface area contributed by atoms with E-state index in [9.17, 15) is 4.39 Å². The monoisotopic (exact) mass is 183 g/mol. The molecule has 61 valence electrons. The van der Waals surface area contributed by atoms with Crippen LogP contribution in [0.5, 0.6) is 0 Å². The average Bonchev–Trinajstić information content (AvgIpc) is 2.35. The third-order valence-electron chi connectivity index (χ3n) is 1.70. The summed E-state index contributed by atoms with van der Waals surface area (Å²) in [6, 6.07) is 2.84. The summed E-state index contributed by atoms with van der Waals surface area (Å²) in [5.74, 6) is -0.429. The van der Waals surface area contributed by atoms with E-state index < -0.39 is 5.82 Å². The molecule has 0 bridgehead atoms. The number of rotatable bonds is 0. The molecule has 0 aliphatic rings. The predicted molar refractivity (Wildman–Crippen MR) is 44.5 cm³/mol. The lowest BCUT2D eigenvalue weighted by Gasteiger charge is -1.95. The van der Waals surface area contributed by atoms with Gasteiger partial charge in [0.15, 0.2) is 6.33 Å². The molecule has 0 amide bonds. The van der Waals surface area contributed by atoms with Crippen LogP contribution in [-0.4, -0.2) is 9.55 Å². The molecule has 0 N–H and O–H groups in total. The molecule has 1 aromatic heterocycles. The maximum atomic E-state index is 12.9. The minimum atomic E-state index is -0.429. The van der Waals surface area contributed by atoms with E-state index in [0.29, 0.717) is 11.0 Å². The van der Waals surface area contributed by atoms with Gasteiger partial charge >= 0.3 is 0 Å². The highest BCUT2D eigenvalue weighted by molar-refractivity contribution is 6.31. The van der Waals surface area contributed by atoms with Crippen LogP contribution in [-0.2, 0) is 7.05 Å². The van der Waals surface area contributed by atoms with Crippen LogP contribution in [0.4, 0.5) is 4.39 Å². The van der Waals surface area contributed by atoms with Crippen molar-refractivity contribution in [1.82, 2.24) is 9.55 Å². The standard InChI is InChI=1S/C8H5ClFN2/c1-12-4-11-7-2-5(9)6(10)3-8(7)12/h2-3H,1H3. The van der Waals surface area contributed by atoms with Crippen LogP contribution in [0.1, 0.15) is 0 Å². The second-order valence-electron chi connectivity index (χ2n) is 2.53. The van der Waals surface area contributed by atoms with Crippen molar-refractivity contribution >= 4 is 22.6 Å². The van der Waals surface area contributed by atoms with Crippen LogP contribution in [0.3, 0.4) is 0 Å². The van der Waals surface area contributed by atoms with Crippen molar-refractivity contribution in [2.45, 2.75) is 0 Å². The Hall–Kier alpha value is -1.09. The number of nitrogens with zero attached hydrogens (tertiary/aromatic N) is 2. The Morgan fingerprint density at radius 3 is 3.08 bits per heavy atom. The number of fused-ring (bicyclic) bond motifs is 1. The molecule has 2 aromatic rings. The van der Waals surface area contributed by atoms with Crippen molar-refractivity contribution in [3.8, 4) is 0 Å². The second kappa shape index (κ2) is 2.45. The van der Waals surface area contributed by atoms with E-state index in [1.807, 2.05) is 0 Å². The van der Waals surface area contributed by atoms with E-state index in [1.165, 1.54) is 12.1 Å². The zero-order chi connectivity index (χ0) is 8.72. The summed E-state index contributed by atoms with van der Waals surface area (Å²) in [5.41, 5.74) is 1.35. The Morgan fingerprint density at radius 1 is 1.58 bits per heavy atom. The summed E-state index contributed by atoms with van der Waals surface area (Å²) >= 11 is 5.56. The summed E-state index contributed by atoms with van der Waals surface area (Å²) in [6.07, 6.45) is 2.67. The third kappa shape index (κ3) is 0.975. The molecule has 0 spiro atoms. The van der Waals surface area contributed by atoms with Crippen LogP contribution in [0, 0.1) is 12.1 Å². The molecule has 0 unspecified atom stereocenters. The first-order valence-electron chi connectivity index (χ1n) is 3.37. The highest BCUT2D eigenvalue weighted by Crippen LogP contribution is 2.20. The molecule has 1 radical (unpaired) electrons. The van der Waals surface area contributed by atoms with Crippen molar-refractivity contribution < 1.29 is 4.39 Å². The van der Waals surface area contributed by atoms with E-state index in [4.69, 9.17) is 11.6 Å². The fourth-order valence-corrected chi connectivity index (χ4v) is 1.22. The Bertz CT molecular complexity index is 436. The molecule has 12 heavy (non-hydrogen) atoms. The summed E-state index contributed by atoms with van der Waals surface area (Å²) in [5, 5.41) is 0.0922. The Morgan fingerprint density at radius 2 is 2.33 bits per heavy atom. The van der Waals surface area contributed by atoms with Gasteiger partial charge in [0.1, 0.15) is 5.82 Å². The van der Waals surface area contributed by atoms with Crippen LogP contribution in [0.15, 0.2) is 12.1 Å². The van der Waals surface area contributed by atoms with Gasteiger partial charge in [0.05, 0.1) is 16.1 Å². The van der Waals surface area contributed by atoms with Crippen molar-refractivity contribution in [2.24, 2.45) is 7.05 Å². The van der Waals surface area contributed by atoms with E-state index in [2.05, 4.69) is 11.3 Å². The molecule has 0 aliphatic heterocycles. The number of imidazole rings is 1. The van der Waals surface area contributed by atoms with E-state index in [1.54, 1.807) is 11.6 Å². The lowest BCUT2D eigenvalue weighted by atomic mass is 10.3. The van der Waals surface area contributed by atoms with E-state index >= 15 is 0 Å². The Labute approximate surface area is 73.6 Å². The number of hydrogen-bond donors (Lipinski definition) is 0. The molecule has 2 rings (SSSR count). The molecule has 2 nitrogen and oxygen atoms in total. The minimum Gasteiger partial charge on any atom is -0.324 e. The van der Waals surface area contributed by atoms with Crippen molar-refractivity contribution in [3.05, 3.63) is 29.3 Å². The van der Waals surface area contributed by atoms with Gasteiger partial charge in [-0.2, -0.15) is 0 Å². The Kier molecular flexibility index (Phi) is 1.54. The third-order valence-corrected chi connectivity index (χ3v) is 1.99. The number of aromatic nitrogens is 2. The lowest BCUT2D eigenvalue weighted by Crippen LogP contribution is -1.85. The molecule has 4 heteroatoms. The van der Waals surface area contributed by atoms with Crippen LogP contribution < -0.4 is 0 Å². The van der Waals surface area contributed by atoms with Gasteiger partial charge in [-0.25, -0.2) is 9.37 Å². The van der Waals surface area contributed by atoms with E-state index in [-0.39, 0.29) is 5.02 Å². The van der Waals surface area contributed by atoms with Gasteiger partial charge in [-0.15, -0.1) is 0 Å². The van der Waals surface area contributed by atoms with Gasteiger partial charge in [0.2, 0.25) is 0 Å². The summed E-state index contributed by atoms with van der Waals surface area (Å²) in [7, 11) is 1.75. The zero-order valence-corrected chi connectivity index (χ0v) is 7.06. The molecule has 1 heterocycles. The topological polar surface area (TPSA) is 17.8 Å². The molecule has 0 aliphatic carbocycles. The van der Waals surface area contributed by atoms with Gasteiger partial charge in [-0.1, -0.05) is 11.6 Å². The van der Waals surface area contributed by atoms with Crippen molar-refractivity contribution in [1.29, 1.82) is 0 Å². The maximum absolute atomic E-state index is 12.9. The number of aryl methyl sites for hydroxylation is 1. The van der Waals surface area contributed by atoms with Gasteiger partial charge < -0.3 is 4.57 Å². The maximum Gasteiger partial charge on any atom is 0.177 e. The summed E-state index contributed by atoms with van der Waals surface area (Å²) in [4.78, 5) is 3.91. The summed E-state index contributed by atoms with van der Waals surface area (Å²) in [6.45, 7) is 0. The largest absolute Gasteiger partial charge is 0.324 e. The van der Waals surface area contributed by atoms with Crippen LogP contribution >= 0.6 is 11.6 Å². The fourth-order valence-electron chi connectivity index (χ4n) is 1.07. The average molecular weight is 184 g/mol. The van der Waals surface area contributed by atoms with Gasteiger partial charge in [-0.3, -0.25) is 0 Å². The zero-order valence-electron chi connectivity index (χ0n) is 6.31. The van der Waals surface area contributed by atoms with Gasteiger partial charge in [0.25, 0.3) is 0 Å². The molecular formula is C8H5ClFN2. The number of halogens is 2. The molecule has 0 saturated heterocycles. The van der Waals surface area contributed by atoms with Crippen LogP contribution in [0.25, 0.3) is 11.0 Å². The second-order valence-corrected chi connectivity index (χ2v) is 2.93. The molecule has 0 fully saturated rings. The number of benzene rings is 1. The first-order chi connectivity index (χ1) is 5.68. The predicted octanol–water partition coefficient (Wildman–Crippen LogP) is 2.17. The highest BCUT2D eigenvalue weighted by atomic mass is 35.5. The molecule has 0 saturated carbocycles. The van der Waals surface area contributed by atoms with Gasteiger partial charge in [0, 0.05) is 13.1 Å².